The Morgan fingerprint density at radius 2 is 2.12 bits per heavy atom. The van der Waals surface area contributed by atoms with Crippen LogP contribution in [0.3, 0.4) is 0 Å². The van der Waals surface area contributed by atoms with Crippen LogP contribution in [0.4, 0.5) is 5.69 Å². The van der Waals surface area contributed by atoms with E-state index in [0.29, 0.717) is 53.9 Å². The summed E-state index contributed by atoms with van der Waals surface area (Å²) in [4.78, 5) is 27.2. The maximum atomic E-state index is 12.6. The van der Waals surface area contributed by atoms with Crippen molar-refractivity contribution in [3.8, 4) is 23.1 Å². The van der Waals surface area contributed by atoms with E-state index in [2.05, 4.69) is 57.9 Å². The molecule has 4 heterocycles. The third kappa shape index (κ3) is 5.41. The zero-order valence-electron chi connectivity index (χ0n) is 23.9. The van der Waals surface area contributed by atoms with Crippen LogP contribution in [0.15, 0.2) is 54.4 Å². The monoisotopic (exact) mass is 610 g/mol. The summed E-state index contributed by atoms with van der Waals surface area (Å²) in [7, 11) is 2.09. The predicted molar refractivity (Wildman–Crippen MR) is 173 cm³/mol. The van der Waals surface area contributed by atoms with Gasteiger partial charge in [0.05, 0.1) is 11.2 Å². The van der Waals surface area contributed by atoms with Gasteiger partial charge in [0.1, 0.15) is 24.3 Å². The highest BCUT2D eigenvalue weighted by atomic mass is 35.5. The second-order valence-electron chi connectivity index (χ2n) is 11.0. The van der Waals surface area contributed by atoms with Crippen molar-refractivity contribution in [1.82, 2.24) is 14.8 Å². The van der Waals surface area contributed by atoms with Crippen LogP contribution in [0, 0.1) is 17.9 Å². The van der Waals surface area contributed by atoms with E-state index in [0.717, 1.165) is 41.3 Å². The number of likely N-dealkylation sites (N-methyl/N-ethyl adjacent to an activating group) is 1. The van der Waals surface area contributed by atoms with Crippen LogP contribution in [0.1, 0.15) is 18.4 Å². The second kappa shape index (κ2) is 12.2. The number of nitrogens with zero attached hydrogens (tertiary/aromatic N) is 6. The fourth-order valence-corrected chi connectivity index (χ4v) is 7.38. The number of hydrogen-bond donors (Lipinski definition) is 0. The van der Waals surface area contributed by atoms with E-state index in [9.17, 15) is 10.1 Å². The molecule has 2 aromatic heterocycles. The fraction of sp³-hybridized carbons (Fsp3) is 0.333. The average molecular weight is 611 g/mol. The van der Waals surface area contributed by atoms with Gasteiger partial charge in [0.25, 0.3) is 0 Å². The molecule has 2 aromatic carbocycles. The van der Waals surface area contributed by atoms with Gasteiger partial charge >= 0.3 is 0 Å². The van der Waals surface area contributed by atoms with E-state index >= 15 is 0 Å². The zero-order valence-corrected chi connectivity index (χ0v) is 25.5. The van der Waals surface area contributed by atoms with Gasteiger partial charge in [-0.2, -0.15) is 5.26 Å². The first-order chi connectivity index (χ1) is 20.9. The number of carbonyl (C=O) groups is 1. The number of nitriles is 1. The van der Waals surface area contributed by atoms with Crippen molar-refractivity contribution in [3.05, 3.63) is 76.4 Å². The molecule has 8 nitrogen and oxygen atoms in total. The number of aromatic nitrogens is 1. The molecule has 0 spiro atoms. The molecule has 6 rings (SSSR count). The van der Waals surface area contributed by atoms with Gasteiger partial charge in [-0.05, 0) is 67.7 Å². The number of anilines is 1. The number of rotatable bonds is 7. The maximum absolute atomic E-state index is 12.6. The lowest BCUT2D eigenvalue weighted by Crippen LogP contribution is -2.56. The smallest absolute Gasteiger partial charge is 0.246 e. The van der Waals surface area contributed by atoms with Crippen molar-refractivity contribution in [2.24, 2.45) is 0 Å². The molecular weight excluding hydrogens is 580 g/mol. The number of carbonyl (C=O) groups excluding carboxylic acids is 1. The Kier molecular flexibility index (Phi) is 8.23. The molecule has 0 bridgehead atoms. The summed E-state index contributed by atoms with van der Waals surface area (Å²) >= 11 is 8.69. The standard InChI is InChI=1S/C33H31ClN6O2S/c1-4-31(41)40-13-12-39(19-22(40)18-36-2)32-26-15-28(34)25(23-8-5-9-30-24(23)10-14-43-30)16-29(26)37-33(27(32)17-35)42-20-21-7-6-11-38(21)3/h4-5,8-10,14-16,21-22H,1,6-7,11-13,18-20H2,3H3/t21-,22-/m0/s1. The van der Waals surface area contributed by atoms with E-state index in [1.165, 1.54) is 10.8 Å². The molecule has 218 valence electrons. The van der Waals surface area contributed by atoms with Gasteiger partial charge in [-0.25, -0.2) is 11.6 Å². The van der Waals surface area contributed by atoms with Crippen molar-refractivity contribution in [2.45, 2.75) is 24.9 Å². The van der Waals surface area contributed by atoms with Gasteiger partial charge in [-0.1, -0.05) is 30.3 Å². The molecule has 43 heavy (non-hydrogen) atoms. The minimum Gasteiger partial charge on any atom is -0.475 e. The van der Waals surface area contributed by atoms with Gasteiger partial charge in [0.15, 0.2) is 0 Å². The number of likely N-dealkylation sites (tertiary alicyclic amines) is 1. The molecule has 0 unspecified atom stereocenters. The number of amides is 1. The summed E-state index contributed by atoms with van der Waals surface area (Å²) in [5.41, 5.74) is 3.55. The average Bonchev–Trinajstić information content (AvgIpc) is 3.67. The lowest BCUT2D eigenvalue weighted by atomic mass is 9.98. The molecule has 0 radical (unpaired) electrons. The number of halogens is 1. The topological polar surface area (TPSA) is 77.1 Å². The Morgan fingerprint density at radius 1 is 1.26 bits per heavy atom. The van der Waals surface area contributed by atoms with Crippen LogP contribution < -0.4 is 9.64 Å². The van der Waals surface area contributed by atoms with Crippen molar-refractivity contribution < 1.29 is 9.53 Å². The number of fused-ring (bicyclic) bond motifs is 2. The third-order valence-corrected chi connectivity index (χ3v) is 9.75. The normalized spacial score (nSPS) is 19.0. The van der Waals surface area contributed by atoms with Gasteiger partial charge in [0, 0.05) is 51.7 Å². The molecule has 2 aliphatic rings. The number of thiophene rings is 1. The SMILES string of the molecule is [C-]#[N+]C[C@H]1CN(c2c(C#N)c(OC[C@@H]3CCCN3C)nc3cc(-c4cccc5sccc45)c(Cl)cc23)CCN1C(=O)C=C. The lowest BCUT2D eigenvalue weighted by Gasteiger charge is -2.40. The van der Waals surface area contributed by atoms with Crippen LogP contribution in [-0.4, -0.2) is 79.2 Å². The summed E-state index contributed by atoms with van der Waals surface area (Å²) in [5.74, 6) is 0.0898. The van der Waals surface area contributed by atoms with Crippen LogP contribution in [-0.2, 0) is 4.79 Å². The van der Waals surface area contributed by atoms with Crippen LogP contribution in [0.25, 0.3) is 37.0 Å². The van der Waals surface area contributed by atoms with Crippen molar-refractivity contribution >= 4 is 55.5 Å². The highest BCUT2D eigenvalue weighted by Crippen LogP contribution is 2.42. The van der Waals surface area contributed by atoms with Crippen LogP contribution >= 0.6 is 22.9 Å². The number of pyridine rings is 1. The molecular formula is C33H31ClN6O2S. The van der Waals surface area contributed by atoms with Crippen LogP contribution in [0.2, 0.25) is 5.02 Å². The highest BCUT2D eigenvalue weighted by molar-refractivity contribution is 7.17. The molecule has 2 saturated heterocycles. The van der Waals surface area contributed by atoms with E-state index in [1.54, 1.807) is 16.2 Å². The Hall–Kier alpha value is -4.15. The number of ether oxygens (including phenoxy) is 1. The van der Waals surface area contributed by atoms with Gasteiger partial charge in [-0.3, -0.25) is 4.79 Å². The highest BCUT2D eigenvalue weighted by Gasteiger charge is 2.34. The number of benzene rings is 2. The van der Waals surface area contributed by atoms with Gasteiger partial charge < -0.3 is 24.3 Å². The predicted octanol–water partition coefficient (Wildman–Crippen LogP) is 6.24. The summed E-state index contributed by atoms with van der Waals surface area (Å²) in [6.45, 7) is 14.0. The Morgan fingerprint density at radius 3 is 2.86 bits per heavy atom. The first-order valence-electron chi connectivity index (χ1n) is 14.3. The summed E-state index contributed by atoms with van der Waals surface area (Å²) in [6, 6.07) is 14.4. The first kappa shape index (κ1) is 28.9. The first-order valence-corrected chi connectivity index (χ1v) is 15.6. The maximum Gasteiger partial charge on any atom is 0.246 e. The van der Waals surface area contributed by atoms with Crippen LogP contribution in [0.5, 0.6) is 5.88 Å². The number of hydrogen-bond acceptors (Lipinski definition) is 7. The minimum absolute atomic E-state index is 0.147. The van der Waals surface area contributed by atoms with E-state index in [1.807, 2.05) is 18.2 Å². The summed E-state index contributed by atoms with van der Waals surface area (Å²) in [5, 5.41) is 15.0. The quantitative estimate of drug-likeness (QED) is 0.182. The van der Waals surface area contributed by atoms with Gasteiger partial charge in [0.2, 0.25) is 18.3 Å². The van der Waals surface area contributed by atoms with Crippen molar-refractivity contribution in [1.29, 1.82) is 5.26 Å². The van der Waals surface area contributed by atoms with E-state index in [4.69, 9.17) is 27.9 Å². The van der Waals surface area contributed by atoms with Crippen molar-refractivity contribution in [3.63, 3.8) is 0 Å². The lowest BCUT2D eigenvalue weighted by molar-refractivity contribution is -0.128. The molecule has 2 fully saturated rings. The molecule has 4 aromatic rings. The minimum atomic E-state index is -0.353. The van der Waals surface area contributed by atoms with Crippen molar-refractivity contribution in [2.75, 3.05) is 51.3 Å². The molecule has 0 N–H and O–H groups in total. The summed E-state index contributed by atoms with van der Waals surface area (Å²) in [6.07, 6.45) is 3.43. The fourth-order valence-electron chi connectivity index (χ4n) is 6.31. The zero-order chi connectivity index (χ0) is 30.1. The Labute approximate surface area is 260 Å². The molecule has 2 atom stereocenters. The van der Waals surface area contributed by atoms with Gasteiger partial charge in [-0.15, -0.1) is 11.3 Å². The summed E-state index contributed by atoms with van der Waals surface area (Å²) < 4.78 is 7.52. The third-order valence-electron chi connectivity index (χ3n) is 8.55. The molecule has 2 aliphatic heterocycles. The largest absolute Gasteiger partial charge is 0.475 e. The second-order valence-corrected chi connectivity index (χ2v) is 12.4. The van der Waals surface area contributed by atoms with E-state index < -0.39 is 0 Å². The number of piperazine rings is 1. The molecule has 10 heteroatoms. The molecule has 0 saturated carbocycles. The molecule has 1 amide bonds. The van der Waals surface area contributed by atoms with E-state index in [-0.39, 0.29) is 24.5 Å². The Bertz CT molecular complexity index is 1810. The molecule has 0 aliphatic carbocycles. The Balaban J connectivity index is 1.50.